The minimum Gasteiger partial charge on any atom is -0.379 e. The van der Waals surface area contributed by atoms with Gasteiger partial charge in [0.2, 0.25) is 0 Å². The van der Waals surface area contributed by atoms with E-state index in [1.807, 2.05) is 19.1 Å². The third-order valence-corrected chi connectivity index (χ3v) is 4.56. The zero-order chi connectivity index (χ0) is 18.2. The van der Waals surface area contributed by atoms with Crippen molar-refractivity contribution in [1.29, 1.82) is 0 Å². The number of nitrogens with zero attached hydrogens (tertiary/aromatic N) is 2. The number of hydrogen-bond acceptors (Lipinski definition) is 3. The van der Waals surface area contributed by atoms with Crippen molar-refractivity contribution in [3.63, 3.8) is 0 Å². The quantitative estimate of drug-likeness (QED) is 0.375. The minimum atomic E-state index is -0.173. The van der Waals surface area contributed by atoms with Crippen LogP contribution in [0.5, 0.6) is 0 Å². The van der Waals surface area contributed by atoms with E-state index in [9.17, 15) is 4.39 Å². The number of benzene rings is 1. The summed E-state index contributed by atoms with van der Waals surface area (Å²) in [5.74, 6) is 1.07. The molecule has 1 heterocycles. The summed E-state index contributed by atoms with van der Waals surface area (Å²) in [6.45, 7) is 11.6. The Morgan fingerprint density at radius 2 is 2.00 bits per heavy atom. The van der Waals surface area contributed by atoms with Gasteiger partial charge in [0.1, 0.15) is 5.82 Å². The highest BCUT2D eigenvalue weighted by Crippen LogP contribution is 2.16. The van der Waals surface area contributed by atoms with Crippen LogP contribution in [0.2, 0.25) is 0 Å². The molecule has 1 aromatic rings. The van der Waals surface area contributed by atoms with Crippen LogP contribution in [-0.2, 0) is 4.74 Å². The predicted octanol–water partition coefficient (Wildman–Crippen LogP) is 2.95. The summed E-state index contributed by atoms with van der Waals surface area (Å²) in [6, 6.07) is 5.32. The number of aliphatic imine (C=N–C) groups is 1. The molecular weight excluding hydrogens is 446 g/mol. The smallest absolute Gasteiger partial charge is 0.191 e. The molecule has 5 nitrogen and oxygen atoms in total. The SMILES string of the molecule is CN=C(NCC(C)CN1CCOCC1)NC(C)c1ccc(C)c(F)c1.I. The van der Waals surface area contributed by atoms with Gasteiger partial charge in [-0.25, -0.2) is 4.39 Å². The summed E-state index contributed by atoms with van der Waals surface area (Å²) in [7, 11) is 1.75. The maximum Gasteiger partial charge on any atom is 0.191 e. The topological polar surface area (TPSA) is 48.9 Å². The van der Waals surface area contributed by atoms with E-state index >= 15 is 0 Å². The average molecular weight is 478 g/mol. The maximum atomic E-state index is 13.7. The highest BCUT2D eigenvalue weighted by Gasteiger charge is 2.15. The molecule has 1 aromatic carbocycles. The molecule has 1 aliphatic rings. The van der Waals surface area contributed by atoms with E-state index in [-0.39, 0.29) is 35.8 Å². The molecule has 2 unspecified atom stereocenters. The Bertz CT molecular complexity index is 579. The van der Waals surface area contributed by atoms with Gasteiger partial charge < -0.3 is 15.4 Å². The molecule has 0 bridgehead atoms. The molecule has 1 fully saturated rings. The Morgan fingerprint density at radius 1 is 1.31 bits per heavy atom. The Balaban J connectivity index is 0.00000338. The first-order valence-corrected chi connectivity index (χ1v) is 9.03. The van der Waals surface area contributed by atoms with Crippen LogP contribution in [0.25, 0.3) is 0 Å². The first kappa shape index (κ1) is 23.1. The van der Waals surface area contributed by atoms with Crippen molar-refractivity contribution in [2.45, 2.75) is 26.8 Å². The van der Waals surface area contributed by atoms with E-state index < -0.39 is 0 Å². The van der Waals surface area contributed by atoms with E-state index in [1.165, 1.54) is 0 Å². The summed E-state index contributed by atoms with van der Waals surface area (Å²) < 4.78 is 19.1. The second-order valence-corrected chi connectivity index (χ2v) is 6.85. The number of hydrogen-bond donors (Lipinski definition) is 2. The Labute approximate surface area is 173 Å². The molecule has 2 rings (SSSR count). The summed E-state index contributed by atoms with van der Waals surface area (Å²) in [6.07, 6.45) is 0. The third kappa shape index (κ3) is 7.36. The van der Waals surface area contributed by atoms with Gasteiger partial charge in [-0.05, 0) is 37.0 Å². The first-order chi connectivity index (χ1) is 12.0. The van der Waals surface area contributed by atoms with Crippen LogP contribution < -0.4 is 10.6 Å². The molecule has 26 heavy (non-hydrogen) atoms. The van der Waals surface area contributed by atoms with Crippen molar-refractivity contribution in [2.75, 3.05) is 46.4 Å². The lowest BCUT2D eigenvalue weighted by Crippen LogP contribution is -2.44. The van der Waals surface area contributed by atoms with Crippen molar-refractivity contribution in [2.24, 2.45) is 10.9 Å². The van der Waals surface area contributed by atoms with Gasteiger partial charge >= 0.3 is 0 Å². The number of rotatable bonds is 6. The van der Waals surface area contributed by atoms with Gasteiger partial charge in [0.15, 0.2) is 5.96 Å². The zero-order valence-corrected chi connectivity index (χ0v) is 18.5. The number of guanidine groups is 1. The van der Waals surface area contributed by atoms with E-state index in [1.54, 1.807) is 20.0 Å². The van der Waals surface area contributed by atoms with Gasteiger partial charge in [0.25, 0.3) is 0 Å². The van der Waals surface area contributed by atoms with Gasteiger partial charge in [0.05, 0.1) is 19.3 Å². The summed E-state index contributed by atoms with van der Waals surface area (Å²) >= 11 is 0. The Morgan fingerprint density at radius 3 is 2.62 bits per heavy atom. The highest BCUT2D eigenvalue weighted by molar-refractivity contribution is 14.0. The molecule has 0 spiro atoms. The lowest BCUT2D eigenvalue weighted by atomic mass is 10.1. The standard InChI is InChI=1S/C19H31FN4O.HI/c1-14(13-24-7-9-25-10-8-24)12-22-19(21-4)23-16(3)17-6-5-15(2)18(20)11-17;/h5-6,11,14,16H,7-10,12-13H2,1-4H3,(H2,21,22,23);1H. The molecule has 2 N–H and O–H groups in total. The van der Waals surface area contributed by atoms with Gasteiger partial charge in [-0.3, -0.25) is 9.89 Å². The average Bonchev–Trinajstić information content (AvgIpc) is 2.61. The lowest BCUT2D eigenvalue weighted by Gasteiger charge is -2.29. The van der Waals surface area contributed by atoms with E-state index in [4.69, 9.17) is 4.74 Å². The van der Waals surface area contributed by atoms with Crippen LogP contribution in [0.4, 0.5) is 4.39 Å². The molecule has 1 aliphatic heterocycles. The van der Waals surface area contributed by atoms with Gasteiger partial charge in [0, 0.05) is 33.2 Å². The fourth-order valence-electron chi connectivity index (χ4n) is 2.92. The second kappa shape index (κ2) is 11.7. The van der Waals surface area contributed by atoms with Crippen molar-refractivity contribution in [3.8, 4) is 0 Å². The lowest BCUT2D eigenvalue weighted by molar-refractivity contribution is 0.0320. The normalized spacial score (nSPS) is 18.0. The molecule has 148 valence electrons. The van der Waals surface area contributed by atoms with E-state index in [0.29, 0.717) is 11.5 Å². The molecule has 1 saturated heterocycles. The fraction of sp³-hybridized carbons (Fsp3) is 0.632. The van der Waals surface area contributed by atoms with Crippen LogP contribution in [0.1, 0.15) is 31.0 Å². The van der Waals surface area contributed by atoms with Crippen LogP contribution in [0.3, 0.4) is 0 Å². The Kier molecular flexibility index (Phi) is 10.4. The van der Waals surface area contributed by atoms with Crippen LogP contribution in [0, 0.1) is 18.7 Å². The van der Waals surface area contributed by atoms with Crippen molar-refractivity contribution < 1.29 is 9.13 Å². The van der Waals surface area contributed by atoms with Crippen molar-refractivity contribution >= 4 is 29.9 Å². The number of nitrogens with one attached hydrogen (secondary N) is 2. The number of aryl methyl sites for hydroxylation is 1. The number of morpholine rings is 1. The van der Waals surface area contributed by atoms with Crippen LogP contribution >= 0.6 is 24.0 Å². The molecular formula is C19H32FIN4O. The molecule has 0 saturated carbocycles. The summed E-state index contributed by atoms with van der Waals surface area (Å²) in [5, 5.41) is 6.70. The monoisotopic (exact) mass is 478 g/mol. The second-order valence-electron chi connectivity index (χ2n) is 6.85. The molecule has 7 heteroatoms. The Hall–Kier alpha value is -0.930. The third-order valence-electron chi connectivity index (χ3n) is 4.56. The molecule has 0 aromatic heterocycles. The molecule has 2 atom stereocenters. The number of ether oxygens (including phenoxy) is 1. The summed E-state index contributed by atoms with van der Waals surface area (Å²) in [5.41, 5.74) is 1.57. The summed E-state index contributed by atoms with van der Waals surface area (Å²) in [4.78, 5) is 6.71. The highest BCUT2D eigenvalue weighted by atomic mass is 127. The molecule has 0 aliphatic carbocycles. The van der Waals surface area contributed by atoms with Crippen molar-refractivity contribution in [3.05, 3.63) is 35.1 Å². The van der Waals surface area contributed by atoms with Gasteiger partial charge in [-0.1, -0.05) is 19.1 Å². The van der Waals surface area contributed by atoms with Crippen LogP contribution in [-0.4, -0.2) is 57.3 Å². The van der Waals surface area contributed by atoms with Gasteiger partial charge in [-0.15, -0.1) is 24.0 Å². The maximum absolute atomic E-state index is 13.7. The molecule has 0 amide bonds. The van der Waals surface area contributed by atoms with Gasteiger partial charge in [-0.2, -0.15) is 0 Å². The van der Waals surface area contributed by atoms with Crippen LogP contribution in [0.15, 0.2) is 23.2 Å². The fourth-order valence-corrected chi connectivity index (χ4v) is 2.92. The molecule has 0 radical (unpaired) electrons. The van der Waals surface area contributed by atoms with E-state index in [0.717, 1.165) is 50.9 Å². The zero-order valence-electron chi connectivity index (χ0n) is 16.2. The van der Waals surface area contributed by atoms with E-state index in [2.05, 4.69) is 27.4 Å². The van der Waals surface area contributed by atoms with Crippen molar-refractivity contribution in [1.82, 2.24) is 15.5 Å². The largest absolute Gasteiger partial charge is 0.379 e. The minimum absolute atomic E-state index is 0. The first-order valence-electron chi connectivity index (χ1n) is 9.03. The predicted molar refractivity (Wildman–Crippen MR) is 116 cm³/mol. The number of halogens is 2.